The molecule has 0 aliphatic heterocycles. The van der Waals surface area contributed by atoms with Gasteiger partial charge in [0.1, 0.15) is 11.2 Å². The predicted molar refractivity (Wildman–Crippen MR) is 115 cm³/mol. The summed E-state index contributed by atoms with van der Waals surface area (Å²) < 4.78 is 2.61. The van der Waals surface area contributed by atoms with Gasteiger partial charge in [-0.3, -0.25) is 9.59 Å². The highest BCUT2D eigenvalue weighted by Crippen LogP contribution is 2.20. The number of benzene rings is 2. The molecule has 2 aromatic carbocycles. The largest absolute Gasteiger partial charge is 0.326 e. The monoisotopic (exact) mass is 451 g/mol. The van der Waals surface area contributed by atoms with Gasteiger partial charge in [-0.2, -0.15) is 5.10 Å². The Morgan fingerprint density at radius 3 is 2.76 bits per heavy atom. The van der Waals surface area contributed by atoms with E-state index in [9.17, 15) is 9.59 Å². The number of aryl methyl sites for hydroxylation is 2. The van der Waals surface area contributed by atoms with Crippen LogP contribution in [0.25, 0.3) is 16.7 Å². The molecule has 146 valence electrons. The SMILES string of the molecule is Cc1cc(NC(=O)CCc2nc3c(cnn3-c3ccccc3)c(=O)[nH]2)ccc1Br. The second-order valence-corrected chi connectivity index (χ2v) is 7.51. The maximum Gasteiger partial charge on any atom is 0.262 e. The number of aromatic nitrogens is 4. The molecule has 4 rings (SSSR count). The minimum Gasteiger partial charge on any atom is -0.326 e. The van der Waals surface area contributed by atoms with Crippen molar-refractivity contribution in [3.63, 3.8) is 0 Å². The van der Waals surface area contributed by atoms with E-state index in [1.165, 1.54) is 6.20 Å². The van der Waals surface area contributed by atoms with Crippen LogP contribution in [-0.2, 0) is 11.2 Å². The van der Waals surface area contributed by atoms with Crippen molar-refractivity contribution in [1.82, 2.24) is 19.7 Å². The van der Waals surface area contributed by atoms with Crippen molar-refractivity contribution < 1.29 is 4.79 Å². The zero-order valence-corrected chi connectivity index (χ0v) is 17.2. The van der Waals surface area contributed by atoms with Crippen molar-refractivity contribution in [3.05, 3.63) is 80.9 Å². The van der Waals surface area contributed by atoms with Gasteiger partial charge in [-0.05, 0) is 42.8 Å². The van der Waals surface area contributed by atoms with Crippen LogP contribution in [0.4, 0.5) is 5.69 Å². The maximum atomic E-state index is 12.4. The van der Waals surface area contributed by atoms with Gasteiger partial charge < -0.3 is 10.3 Å². The van der Waals surface area contributed by atoms with Crippen LogP contribution < -0.4 is 10.9 Å². The quantitative estimate of drug-likeness (QED) is 0.483. The lowest BCUT2D eigenvalue weighted by Crippen LogP contribution is -2.16. The molecule has 2 heterocycles. The fourth-order valence-electron chi connectivity index (χ4n) is 3.02. The molecule has 0 saturated carbocycles. The Hall–Kier alpha value is -3.26. The molecule has 0 radical (unpaired) electrons. The summed E-state index contributed by atoms with van der Waals surface area (Å²) in [5.41, 5.74) is 2.79. The number of nitrogens with zero attached hydrogens (tertiary/aromatic N) is 3. The van der Waals surface area contributed by atoms with E-state index >= 15 is 0 Å². The average molecular weight is 452 g/mol. The lowest BCUT2D eigenvalue weighted by molar-refractivity contribution is -0.116. The zero-order chi connectivity index (χ0) is 20.4. The standard InChI is InChI=1S/C21H18BrN5O2/c1-13-11-14(7-8-17(13)22)24-19(28)10-9-18-25-20-16(21(29)26-18)12-23-27(20)15-5-3-2-4-6-15/h2-8,11-12H,9-10H2,1H3,(H,24,28)(H,25,26,29). The Labute approximate surface area is 174 Å². The summed E-state index contributed by atoms with van der Waals surface area (Å²) in [5.74, 6) is 0.299. The fraction of sp³-hybridized carbons (Fsp3) is 0.143. The van der Waals surface area contributed by atoms with E-state index in [2.05, 4.69) is 36.3 Å². The molecule has 2 aromatic heterocycles. The van der Waals surface area contributed by atoms with E-state index in [1.54, 1.807) is 4.68 Å². The molecule has 0 atom stereocenters. The predicted octanol–water partition coefficient (Wildman–Crippen LogP) is 3.75. The summed E-state index contributed by atoms with van der Waals surface area (Å²) in [7, 11) is 0. The lowest BCUT2D eigenvalue weighted by Gasteiger charge is -2.07. The average Bonchev–Trinajstić information content (AvgIpc) is 3.14. The molecule has 0 unspecified atom stereocenters. The fourth-order valence-corrected chi connectivity index (χ4v) is 3.26. The highest BCUT2D eigenvalue weighted by molar-refractivity contribution is 9.10. The van der Waals surface area contributed by atoms with Crippen molar-refractivity contribution in [3.8, 4) is 5.69 Å². The normalized spacial score (nSPS) is 11.0. The van der Waals surface area contributed by atoms with Gasteiger partial charge in [0.2, 0.25) is 5.91 Å². The van der Waals surface area contributed by atoms with Crippen LogP contribution in [0.1, 0.15) is 17.8 Å². The zero-order valence-electron chi connectivity index (χ0n) is 15.6. The van der Waals surface area contributed by atoms with Crippen LogP contribution in [0, 0.1) is 6.92 Å². The molecule has 0 spiro atoms. The Morgan fingerprint density at radius 1 is 1.21 bits per heavy atom. The number of amides is 1. The summed E-state index contributed by atoms with van der Waals surface area (Å²) in [4.78, 5) is 32.0. The number of para-hydroxylation sites is 1. The highest BCUT2D eigenvalue weighted by atomic mass is 79.9. The smallest absolute Gasteiger partial charge is 0.262 e. The summed E-state index contributed by atoms with van der Waals surface area (Å²) >= 11 is 3.44. The number of hydrogen-bond acceptors (Lipinski definition) is 4. The lowest BCUT2D eigenvalue weighted by atomic mass is 10.2. The van der Waals surface area contributed by atoms with E-state index in [0.717, 1.165) is 21.4 Å². The third-order valence-corrected chi connectivity index (χ3v) is 5.41. The minimum atomic E-state index is -0.267. The van der Waals surface area contributed by atoms with E-state index in [1.807, 2.05) is 55.5 Å². The number of anilines is 1. The number of hydrogen-bond donors (Lipinski definition) is 2. The second kappa shape index (κ2) is 8.00. The third-order valence-electron chi connectivity index (χ3n) is 4.52. The van der Waals surface area contributed by atoms with Crippen LogP contribution in [0.3, 0.4) is 0 Å². The van der Waals surface area contributed by atoms with Gasteiger partial charge in [0.05, 0.1) is 11.9 Å². The van der Waals surface area contributed by atoms with Crippen LogP contribution in [0.2, 0.25) is 0 Å². The summed E-state index contributed by atoms with van der Waals surface area (Å²) in [5, 5.41) is 7.56. The van der Waals surface area contributed by atoms with Gasteiger partial charge in [-0.1, -0.05) is 34.1 Å². The van der Waals surface area contributed by atoms with Crippen LogP contribution in [-0.4, -0.2) is 25.7 Å². The Balaban J connectivity index is 1.53. The molecular weight excluding hydrogens is 434 g/mol. The van der Waals surface area contributed by atoms with E-state index in [0.29, 0.717) is 23.3 Å². The van der Waals surface area contributed by atoms with E-state index in [-0.39, 0.29) is 17.9 Å². The molecule has 4 aromatic rings. The number of aromatic amines is 1. The summed E-state index contributed by atoms with van der Waals surface area (Å²) in [6.45, 7) is 1.96. The number of nitrogens with one attached hydrogen (secondary N) is 2. The third kappa shape index (κ3) is 4.12. The summed E-state index contributed by atoms with van der Waals surface area (Å²) in [6, 6.07) is 15.1. The Kier molecular flexibility index (Phi) is 5.26. The topological polar surface area (TPSA) is 92.7 Å². The van der Waals surface area contributed by atoms with Gasteiger partial charge in [-0.15, -0.1) is 0 Å². The van der Waals surface area contributed by atoms with Crippen LogP contribution in [0.5, 0.6) is 0 Å². The number of halogens is 1. The number of carbonyl (C=O) groups is 1. The molecule has 1 amide bonds. The van der Waals surface area contributed by atoms with Crippen LogP contribution in [0.15, 0.2) is 64.0 Å². The Bertz CT molecular complexity index is 1250. The van der Waals surface area contributed by atoms with Crippen molar-refractivity contribution in [2.75, 3.05) is 5.32 Å². The molecule has 7 nitrogen and oxygen atoms in total. The molecular formula is C21H18BrN5O2. The number of H-pyrrole nitrogens is 1. The Morgan fingerprint density at radius 2 is 2.00 bits per heavy atom. The molecule has 0 aliphatic rings. The molecule has 8 heteroatoms. The molecule has 29 heavy (non-hydrogen) atoms. The van der Waals surface area contributed by atoms with Crippen molar-refractivity contribution in [2.45, 2.75) is 19.8 Å². The first-order chi connectivity index (χ1) is 14.0. The van der Waals surface area contributed by atoms with Gasteiger partial charge in [0, 0.05) is 23.0 Å². The first-order valence-corrected chi connectivity index (χ1v) is 9.89. The molecule has 0 aliphatic carbocycles. The second-order valence-electron chi connectivity index (χ2n) is 6.65. The number of rotatable bonds is 5. The first-order valence-electron chi connectivity index (χ1n) is 9.09. The van der Waals surface area contributed by atoms with Crippen molar-refractivity contribution in [1.29, 1.82) is 0 Å². The molecule has 0 saturated heterocycles. The molecule has 2 N–H and O–H groups in total. The van der Waals surface area contributed by atoms with Crippen molar-refractivity contribution in [2.24, 2.45) is 0 Å². The maximum absolute atomic E-state index is 12.4. The van der Waals surface area contributed by atoms with E-state index < -0.39 is 0 Å². The summed E-state index contributed by atoms with van der Waals surface area (Å²) in [6.07, 6.45) is 2.01. The van der Waals surface area contributed by atoms with Gasteiger partial charge in [0.25, 0.3) is 5.56 Å². The minimum absolute atomic E-state index is 0.147. The highest BCUT2D eigenvalue weighted by Gasteiger charge is 2.12. The number of carbonyl (C=O) groups excluding carboxylic acids is 1. The van der Waals surface area contributed by atoms with Gasteiger partial charge in [0.15, 0.2) is 5.65 Å². The molecule has 0 bridgehead atoms. The van der Waals surface area contributed by atoms with E-state index in [4.69, 9.17) is 0 Å². The van der Waals surface area contributed by atoms with Gasteiger partial charge in [-0.25, -0.2) is 9.67 Å². The molecule has 0 fully saturated rings. The van der Waals surface area contributed by atoms with Gasteiger partial charge >= 0.3 is 0 Å². The number of fused-ring (bicyclic) bond motifs is 1. The van der Waals surface area contributed by atoms with Crippen LogP contribution >= 0.6 is 15.9 Å². The first kappa shape index (κ1) is 19.1. The van der Waals surface area contributed by atoms with Crippen molar-refractivity contribution >= 4 is 38.6 Å².